The maximum absolute atomic E-state index is 11.9. The van der Waals surface area contributed by atoms with Crippen molar-refractivity contribution in [3.8, 4) is 11.5 Å². The van der Waals surface area contributed by atoms with Gasteiger partial charge in [-0.3, -0.25) is 20.4 Å². The van der Waals surface area contributed by atoms with Crippen LogP contribution in [0.5, 0.6) is 11.5 Å². The third-order valence-electron chi connectivity index (χ3n) is 3.96. The Kier molecular flexibility index (Phi) is 5.38. The first-order valence-corrected chi connectivity index (χ1v) is 10.1. The highest BCUT2D eigenvalue weighted by atomic mass is 35.5. The maximum atomic E-state index is 11.9. The number of sulfone groups is 1. The molecule has 1 atom stereocenters. The monoisotopic (exact) mass is 400 g/mol. The van der Waals surface area contributed by atoms with Gasteiger partial charge in [-0.2, -0.15) is 0 Å². The number of fused-ring (bicyclic) bond motifs is 1. The van der Waals surface area contributed by atoms with Gasteiger partial charge >= 0.3 is 0 Å². The third-order valence-corrected chi connectivity index (χ3v) is 6.01. The SMILES string of the molecule is O=C(/C=C/c1cc(Cl)c2c(c1)OCCO2)NNC(=O)[C@H]1CCS(=O)(=O)C1. The van der Waals surface area contributed by atoms with Crippen LogP contribution in [-0.2, 0) is 19.4 Å². The first-order chi connectivity index (χ1) is 12.3. The number of nitrogens with one attached hydrogen (secondary N) is 2. The zero-order valence-corrected chi connectivity index (χ0v) is 15.2. The Bertz CT molecular complexity index is 868. The summed E-state index contributed by atoms with van der Waals surface area (Å²) in [5.74, 6) is -0.955. The second-order valence-corrected chi connectivity index (χ2v) is 8.57. The van der Waals surface area contributed by atoms with Crippen molar-refractivity contribution in [1.29, 1.82) is 0 Å². The van der Waals surface area contributed by atoms with Crippen molar-refractivity contribution in [1.82, 2.24) is 10.9 Å². The molecule has 0 radical (unpaired) electrons. The standard InChI is InChI=1S/C16H17ClN2O6S/c17-12-7-10(8-13-15(12)25-5-4-24-13)1-2-14(20)18-19-16(21)11-3-6-26(22,23)9-11/h1-2,7-8,11H,3-6,9H2,(H,18,20)(H,19,21)/b2-1+/t11-/m0/s1. The molecule has 0 spiro atoms. The smallest absolute Gasteiger partial charge is 0.262 e. The van der Waals surface area contributed by atoms with Crippen LogP contribution in [0.4, 0.5) is 0 Å². The molecule has 0 aliphatic carbocycles. The van der Waals surface area contributed by atoms with Gasteiger partial charge in [0.2, 0.25) is 5.91 Å². The number of hydrogen-bond acceptors (Lipinski definition) is 6. The number of carbonyl (C=O) groups excluding carboxylic acids is 2. The Morgan fingerprint density at radius 1 is 1.19 bits per heavy atom. The van der Waals surface area contributed by atoms with Crippen molar-refractivity contribution in [2.45, 2.75) is 6.42 Å². The Labute approximate surface area is 155 Å². The maximum Gasteiger partial charge on any atom is 0.262 e. The third kappa shape index (κ3) is 4.47. The molecule has 3 rings (SSSR count). The van der Waals surface area contributed by atoms with E-state index in [1.807, 2.05) is 0 Å². The van der Waals surface area contributed by atoms with Crippen LogP contribution in [0.25, 0.3) is 6.08 Å². The molecule has 1 saturated heterocycles. The molecule has 0 saturated carbocycles. The van der Waals surface area contributed by atoms with E-state index in [0.29, 0.717) is 35.3 Å². The van der Waals surface area contributed by atoms with Gasteiger partial charge in [-0.25, -0.2) is 8.42 Å². The molecule has 0 bridgehead atoms. The summed E-state index contributed by atoms with van der Waals surface area (Å²) in [6.07, 6.45) is 2.98. The highest BCUT2D eigenvalue weighted by molar-refractivity contribution is 7.91. The average molecular weight is 401 g/mol. The molecule has 2 amide bonds. The van der Waals surface area contributed by atoms with Gasteiger partial charge in [-0.05, 0) is 30.2 Å². The molecule has 10 heteroatoms. The summed E-state index contributed by atoms with van der Waals surface area (Å²) in [6.45, 7) is 0.839. The van der Waals surface area contributed by atoms with Crippen LogP contribution in [0.2, 0.25) is 5.02 Å². The molecule has 2 heterocycles. The number of hydrazine groups is 1. The van der Waals surface area contributed by atoms with Gasteiger partial charge < -0.3 is 9.47 Å². The zero-order chi connectivity index (χ0) is 18.7. The summed E-state index contributed by atoms with van der Waals surface area (Å²) in [5.41, 5.74) is 5.09. The second kappa shape index (κ2) is 7.55. The van der Waals surface area contributed by atoms with Crippen LogP contribution in [-0.4, -0.2) is 45.0 Å². The number of carbonyl (C=O) groups is 2. The quantitative estimate of drug-likeness (QED) is 0.571. The Morgan fingerprint density at radius 3 is 2.69 bits per heavy atom. The van der Waals surface area contributed by atoms with Gasteiger partial charge in [0.25, 0.3) is 5.91 Å². The van der Waals surface area contributed by atoms with Crippen molar-refractivity contribution in [2.75, 3.05) is 24.7 Å². The molecule has 0 aromatic heterocycles. The molecule has 1 aromatic carbocycles. The van der Waals surface area contributed by atoms with E-state index in [-0.39, 0.29) is 17.9 Å². The summed E-state index contributed by atoms with van der Waals surface area (Å²) in [7, 11) is -3.16. The molecule has 8 nitrogen and oxygen atoms in total. The van der Waals surface area contributed by atoms with Crippen LogP contribution in [0.1, 0.15) is 12.0 Å². The normalized spacial score (nSPS) is 20.7. The van der Waals surface area contributed by atoms with Gasteiger partial charge in [0.05, 0.1) is 22.4 Å². The minimum Gasteiger partial charge on any atom is -0.486 e. The van der Waals surface area contributed by atoms with E-state index in [2.05, 4.69) is 10.9 Å². The number of hydrogen-bond donors (Lipinski definition) is 2. The number of rotatable bonds is 3. The molecule has 0 unspecified atom stereocenters. The van der Waals surface area contributed by atoms with E-state index in [1.54, 1.807) is 12.1 Å². The fraction of sp³-hybridized carbons (Fsp3) is 0.375. The summed E-state index contributed by atoms with van der Waals surface area (Å²) in [5, 5.41) is 0.373. The average Bonchev–Trinajstić information content (AvgIpc) is 2.98. The first-order valence-electron chi connectivity index (χ1n) is 7.91. The molecule has 26 heavy (non-hydrogen) atoms. The van der Waals surface area contributed by atoms with Gasteiger partial charge in [0.15, 0.2) is 21.3 Å². The molecule has 140 valence electrons. The fourth-order valence-electron chi connectivity index (χ4n) is 2.67. The number of halogens is 1. The van der Waals surface area contributed by atoms with Crippen LogP contribution < -0.4 is 20.3 Å². The summed E-state index contributed by atoms with van der Waals surface area (Å²) in [6, 6.07) is 3.31. The molecule has 1 aromatic rings. The Morgan fingerprint density at radius 2 is 1.96 bits per heavy atom. The Hall–Kier alpha value is -2.26. The van der Waals surface area contributed by atoms with Crippen molar-refractivity contribution in [3.05, 3.63) is 28.8 Å². The Balaban J connectivity index is 1.55. The zero-order valence-electron chi connectivity index (χ0n) is 13.7. The van der Waals surface area contributed by atoms with E-state index >= 15 is 0 Å². The largest absolute Gasteiger partial charge is 0.486 e. The molecule has 2 aliphatic heterocycles. The lowest BCUT2D eigenvalue weighted by Gasteiger charge is -2.19. The first kappa shape index (κ1) is 18.5. The molecular weight excluding hydrogens is 384 g/mol. The van der Waals surface area contributed by atoms with E-state index < -0.39 is 27.6 Å². The van der Waals surface area contributed by atoms with E-state index in [9.17, 15) is 18.0 Å². The van der Waals surface area contributed by atoms with Gasteiger partial charge in [-0.1, -0.05) is 11.6 Å². The van der Waals surface area contributed by atoms with Gasteiger partial charge in [0, 0.05) is 6.08 Å². The van der Waals surface area contributed by atoms with Crippen molar-refractivity contribution in [3.63, 3.8) is 0 Å². The molecule has 2 aliphatic rings. The lowest BCUT2D eigenvalue weighted by molar-refractivity contribution is -0.129. The topological polar surface area (TPSA) is 111 Å². The van der Waals surface area contributed by atoms with Gasteiger partial charge in [0.1, 0.15) is 13.2 Å². The second-order valence-electron chi connectivity index (χ2n) is 5.94. The number of amides is 2. The van der Waals surface area contributed by atoms with Crippen molar-refractivity contribution in [2.24, 2.45) is 5.92 Å². The number of ether oxygens (including phenoxy) is 2. The molecule has 1 fully saturated rings. The minimum absolute atomic E-state index is 0.0101. The highest BCUT2D eigenvalue weighted by Gasteiger charge is 2.33. The summed E-state index contributed by atoms with van der Waals surface area (Å²) < 4.78 is 33.6. The van der Waals surface area contributed by atoms with Crippen molar-refractivity contribution >= 4 is 39.3 Å². The van der Waals surface area contributed by atoms with E-state index in [4.69, 9.17) is 21.1 Å². The predicted octanol–water partition coefficient (Wildman–Crippen LogP) is 0.706. The fourth-order valence-corrected chi connectivity index (χ4v) is 4.68. The van der Waals surface area contributed by atoms with E-state index in [1.165, 1.54) is 12.2 Å². The van der Waals surface area contributed by atoms with Crippen LogP contribution in [0.3, 0.4) is 0 Å². The van der Waals surface area contributed by atoms with Crippen LogP contribution >= 0.6 is 11.6 Å². The predicted molar refractivity (Wildman–Crippen MR) is 94.5 cm³/mol. The summed E-state index contributed by atoms with van der Waals surface area (Å²) >= 11 is 6.12. The molecule has 2 N–H and O–H groups in total. The van der Waals surface area contributed by atoms with E-state index in [0.717, 1.165) is 0 Å². The lowest BCUT2D eigenvalue weighted by atomic mass is 10.1. The minimum atomic E-state index is -3.16. The number of benzene rings is 1. The molecular formula is C16H17ClN2O6S. The van der Waals surface area contributed by atoms with Crippen LogP contribution in [0, 0.1) is 5.92 Å². The summed E-state index contributed by atoms with van der Waals surface area (Å²) in [4.78, 5) is 23.7. The van der Waals surface area contributed by atoms with Gasteiger partial charge in [-0.15, -0.1) is 0 Å². The van der Waals surface area contributed by atoms with Crippen molar-refractivity contribution < 1.29 is 27.5 Å². The lowest BCUT2D eigenvalue weighted by Crippen LogP contribution is -2.44. The highest BCUT2D eigenvalue weighted by Crippen LogP contribution is 2.38. The van der Waals surface area contributed by atoms with Crippen LogP contribution in [0.15, 0.2) is 18.2 Å².